The van der Waals surface area contributed by atoms with E-state index in [9.17, 15) is 38.4 Å². The van der Waals surface area contributed by atoms with Gasteiger partial charge in [0.15, 0.2) is 0 Å². The zero-order chi connectivity index (χ0) is 101. The number of aromatic nitrogens is 8. The van der Waals surface area contributed by atoms with E-state index < -0.39 is 0 Å². The van der Waals surface area contributed by atoms with Crippen molar-refractivity contribution < 1.29 is 62.0 Å². The number of fused-ring (bicyclic) bond motifs is 4. The predicted molar refractivity (Wildman–Crippen MR) is 571 cm³/mol. The first-order valence-electron chi connectivity index (χ1n) is 46.1. The maximum Gasteiger partial charge on any atom is 0.255 e. The summed E-state index contributed by atoms with van der Waals surface area (Å²) in [5, 5.41) is 23.9. The Balaban J connectivity index is 0.000000128. The number of amides is 8. The van der Waals surface area contributed by atoms with Gasteiger partial charge in [0.1, 0.15) is 52.0 Å². The molecule has 4 aromatic heterocycles. The third kappa shape index (κ3) is 24.1. The number of H-pyrrole nitrogens is 4. The maximum atomic E-state index is 12.8. The molecule has 722 valence electrons. The van der Waals surface area contributed by atoms with E-state index in [2.05, 4.69) is 94.5 Å². The van der Waals surface area contributed by atoms with E-state index in [4.69, 9.17) is 35.3 Å². The fraction of sp³-hybridized carbons (Fsp3) is 0.0690. The predicted octanol–water partition coefficient (Wildman–Crippen LogP) is 24.1. The molecule has 29 nitrogen and oxygen atoms in total. The summed E-state index contributed by atoms with van der Waals surface area (Å²) in [6.07, 6.45) is 0.878. The van der Waals surface area contributed by atoms with Gasteiger partial charge in [0.05, 0.1) is 79.7 Å². The molecule has 1 fully saturated rings. The number of carbonyl (C=O) groups is 8. The number of nitrogens with one attached hydrogen (secondary N) is 12. The first kappa shape index (κ1) is 96.7. The van der Waals surface area contributed by atoms with Crippen LogP contribution in [0.2, 0.25) is 5.02 Å². The average Bonchev–Trinajstić information content (AvgIpc) is 1.65. The van der Waals surface area contributed by atoms with Gasteiger partial charge in [-0.3, -0.25) is 38.4 Å². The number of halogens is 1. The van der Waals surface area contributed by atoms with Crippen LogP contribution in [-0.4, -0.2) is 123 Å². The molecule has 8 amide bonds. The summed E-state index contributed by atoms with van der Waals surface area (Å²) in [5.41, 5.74) is 20.3. The van der Waals surface area contributed by atoms with Gasteiger partial charge in [-0.1, -0.05) is 60.1 Å². The van der Waals surface area contributed by atoms with Crippen molar-refractivity contribution in [2.45, 2.75) is 12.3 Å². The van der Waals surface area contributed by atoms with Crippen LogP contribution in [0, 0.1) is 5.92 Å². The average molecular weight is 1950 g/mol. The van der Waals surface area contributed by atoms with Gasteiger partial charge < -0.3 is 86.2 Å². The van der Waals surface area contributed by atoms with Gasteiger partial charge in [-0.15, -0.1) is 0 Å². The molecule has 20 aromatic rings. The summed E-state index contributed by atoms with van der Waals surface area (Å²) in [4.78, 5) is 132. The van der Waals surface area contributed by atoms with E-state index in [1.807, 2.05) is 200 Å². The largest absolute Gasteiger partial charge is 0.497 e. The molecule has 12 N–H and O–H groups in total. The van der Waals surface area contributed by atoms with Crippen LogP contribution >= 0.6 is 11.6 Å². The van der Waals surface area contributed by atoms with Gasteiger partial charge in [-0.2, -0.15) is 0 Å². The lowest BCUT2D eigenvalue weighted by atomic mass is 10.1. The first-order valence-corrected chi connectivity index (χ1v) is 46.5. The highest BCUT2D eigenvalue weighted by Gasteiger charge is 2.44. The second-order valence-electron chi connectivity index (χ2n) is 33.6. The van der Waals surface area contributed by atoms with Crippen LogP contribution in [0.1, 0.15) is 90.4 Å². The van der Waals surface area contributed by atoms with Gasteiger partial charge >= 0.3 is 0 Å². The molecule has 30 heteroatoms. The van der Waals surface area contributed by atoms with Crippen molar-refractivity contribution in [2.24, 2.45) is 5.92 Å². The number of hydrogen-bond acceptors (Lipinski definition) is 17. The summed E-state index contributed by atoms with van der Waals surface area (Å²) in [6, 6.07) is 113. The number of imidazole rings is 4. The minimum Gasteiger partial charge on any atom is -0.497 e. The number of benzene rings is 16. The second kappa shape index (κ2) is 44.7. The van der Waals surface area contributed by atoms with Crippen LogP contribution in [0.15, 0.2) is 376 Å². The zero-order valence-electron chi connectivity index (χ0n) is 79.1. The molecule has 21 rings (SSSR count). The van der Waals surface area contributed by atoms with E-state index in [1.165, 1.54) is 5.56 Å². The topological polar surface area (TPSA) is 394 Å². The van der Waals surface area contributed by atoms with Crippen molar-refractivity contribution in [2.75, 3.05) is 78.1 Å². The number of hydrogen-bond donors (Lipinski definition) is 12. The number of rotatable bonds is 26. The number of aromatic amines is 4. The van der Waals surface area contributed by atoms with E-state index in [-0.39, 0.29) is 53.2 Å². The molecule has 0 aliphatic heterocycles. The summed E-state index contributed by atoms with van der Waals surface area (Å²) >= 11 is 5.90. The Morgan fingerprint density at radius 1 is 0.247 bits per heavy atom. The Morgan fingerprint density at radius 3 is 0.705 bits per heavy atom. The number of carbonyl (C=O) groups excluding carboxylic acids is 8. The van der Waals surface area contributed by atoms with E-state index in [0.29, 0.717) is 142 Å². The van der Waals surface area contributed by atoms with Crippen molar-refractivity contribution in [3.05, 3.63) is 426 Å². The summed E-state index contributed by atoms with van der Waals surface area (Å²) in [7, 11) is 7.92. The minimum atomic E-state index is -0.224. The summed E-state index contributed by atoms with van der Waals surface area (Å²) in [5.74, 6) is 5.18. The van der Waals surface area contributed by atoms with Crippen molar-refractivity contribution in [1.82, 2.24) is 39.9 Å². The minimum absolute atomic E-state index is 0.00847. The van der Waals surface area contributed by atoms with Crippen molar-refractivity contribution >= 4 is 148 Å². The fourth-order valence-corrected chi connectivity index (χ4v) is 16.0. The molecule has 4 heterocycles. The van der Waals surface area contributed by atoms with Crippen LogP contribution in [-0.2, 0) is 4.79 Å². The van der Waals surface area contributed by atoms with E-state index in [1.54, 1.807) is 199 Å². The Hall–Kier alpha value is -19.6. The second-order valence-corrected chi connectivity index (χ2v) is 34.1. The molecule has 0 saturated heterocycles. The Kier molecular flexibility index (Phi) is 29.6. The molecular formula is C116H93ClN16O13. The smallest absolute Gasteiger partial charge is 0.255 e. The van der Waals surface area contributed by atoms with Gasteiger partial charge in [0, 0.05) is 118 Å². The lowest BCUT2D eigenvalue weighted by Gasteiger charge is -2.07. The van der Waals surface area contributed by atoms with Crippen LogP contribution in [0.25, 0.3) is 89.7 Å². The molecule has 0 radical (unpaired) electrons. The lowest BCUT2D eigenvalue weighted by molar-refractivity contribution is -0.117. The van der Waals surface area contributed by atoms with Crippen LogP contribution in [0.4, 0.5) is 45.5 Å². The van der Waals surface area contributed by atoms with Crippen LogP contribution in [0.3, 0.4) is 0 Å². The maximum absolute atomic E-state index is 12.8. The van der Waals surface area contributed by atoms with Gasteiger partial charge in [0.2, 0.25) is 5.91 Å². The number of ether oxygens (including phenoxy) is 5. The molecule has 1 aliphatic rings. The fourth-order valence-electron chi connectivity index (χ4n) is 15.9. The van der Waals surface area contributed by atoms with Crippen LogP contribution in [0.5, 0.6) is 28.7 Å². The quantitative estimate of drug-likeness (QED) is 0.0240. The first-order chi connectivity index (χ1) is 71.1. The zero-order valence-corrected chi connectivity index (χ0v) is 79.9. The Bertz CT molecular complexity index is 8120. The lowest BCUT2D eigenvalue weighted by Crippen LogP contribution is -2.14. The molecule has 1 aliphatic carbocycles. The Morgan fingerprint density at radius 2 is 0.459 bits per heavy atom. The highest BCUT2D eigenvalue weighted by molar-refractivity contribution is 6.30. The summed E-state index contributed by atoms with van der Waals surface area (Å²) in [6.45, 7) is 0. The SMILES string of the molecule is COc1ccc(C(=O)Nc2ccc(-c3nc4ccc(NC(=O)C5CC5c5ccccc5)cc4[nH]3)cc2)cc1.COc1ccc(C(=O)Nc2ccc(-c3nc4ccc(NC(=O)c5ccc(Cl)cc5)cc4[nH]3)cc2)cc1.COc1ccc(C(=O)Nc2ccc(-c3nc4ccc(NC(=O)c5ccc(OC)cc5)cc4[nH]3)cc2)cc1.COc1ccc(C(=O)Nc2ccc(-c3nc4ccc(NC(=O)c5ccccc5)cc4[nH]3)cc2)cc1. The Labute approximate surface area is 841 Å². The molecule has 1 saturated carbocycles. The molecule has 0 spiro atoms. The summed E-state index contributed by atoms with van der Waals surface area (Å²) < 4.78 is 25.7. The van der Waals surface area contributed by atoms with Crippen molar-refractivity contribution in [3.8, 4) is 74.3 Å². The normalized spacial score (nSPS) is 12.1. The van der Waals surface area contributed by atoms with Crippen molar-refractivity contribution in [3.63, 3.8) is 0 Å². The molecular weight excluding hydrogens is 1860 g/mol. The monoisotopic (exact) mass is 1950 g/mol. The molecule has 2 atom stereocenters. The molecule has 16 aromatic carbocycles. The van der Waals surface area contributed by atoms with Crippen LogP contribution < -0.4 is 66.2 Å². The number of anilines is 8. The van der Waals surface area contributed by atoms with E-state index >= 15 is 0 Å². The molecule has 146 heavy (non-hydrogen) atoms. The van der Waals surface area contributed by atoms with E-state index in [0.717, 1.165) is 78.5 Å². The highest BCUT2D eigenvalue weighted by atomic mass is 35.5. The third-order valence-corrected chi connectivity index (χ3v) is 24.1. The number of methoxy groups -OCH3 is 5. The number of nitrogens with zero attached hydrogens (tertiary/aromatic N) is 4. The highest BCUT2D eigenvalue weighted by Crippen LogP contribution is 2.48. The molecule has 2 unspecified atom stereocenters. The van der Waals surface area contributed by atoms with Gasteiger partial charge in [0.25, 0.3) is 41.4 Å². The molecule has 0 bridgehead atoms. The van der Waals surface area contributed by atoms with Crippen molar-refractivity contribution in [1.29, 1.82) is 0 Å². The van der Waals surface area contributed by atoms with Gasteiger partial charge in [-0.25, -0.2) is 19.9 Å². The third-order valence-electron chi connectivity index (χ3n) is 23.9. The van der Waals surface area contributed by atoms with Gasteiger partial charge in [-0.05, 0) is 345 Å². The standard InChI is InChI=1S/C31H26N4O3.C29H24N4O4.C28H21ClN4O3.C28H22N4O3/c1-38-24-14-9-21(10-15-24)30(36)32-22-11-7-20(8-12-22)29-34-27-16-13-23(17-28(27)35-29)33-31(37)26-18-25(26)19-5-3-2-4-6-19;1-36-23-12-5-19(6-13-23)28(34)30-21-9-3-18(4-10-21)27-32-25-16-11-22(17-26(25)33-27)31-29(35)20-7-14-24(37-2)15-8-20;1-36-23-13-6-19(7-14-23)27(34)30-21-10-4-17(5-11-21)26-32-24-15-12-22(16-25(24)33-26)31-28(35)18-2-8-20(29)9-3-18;1-35-23-14-9-20(10-15-23)28(34)29-21-11-7-18(8-12-21)26-31-24-16-13-22(17-25(24)32-26)30-27(33)19-5-3-2-4-6-19/h2-17,25-26H,18H2,1H3,(H,32,36)(H,33,37)(H,34,35);3-17H,1-2H3,(H,30,34)(H,31,35)(H,32,33);2-16H,1H3,(H,30,34)(H,31,35)(H,32,33);2-17H,1H3,(H,29,34)(H,30,33)(H,31,32).